The van der Waals surface area contributed by atoms with Crippen molar-refractivity contribution in [2.75, 3.05) is 0 Å². The molecule has 2 heterocycles. The van der Waals surface area contributed by atoms with Gasteiger partial charge in [0.05, 0.1) is 10.6 Å². The molecule has 0 amide bonds. The van der Waals surface area contributed by atoms with Crippen LogP contribution in [0.3, 0.4) is 0 Å². The quantitative estimate of drug-likeness (QED) is 0.675. The first kappa shape index (κ1) is 15.1. The van der Waals surface area contributed by atoms with E-state index < -0.39 is 0 Å². The minimum Gasteiger partial charge on any atom is -0.305 e. The smallest absolute Gasteiger partial charge is 0.278 e. The summed E-state index contributed by atoms with van der Waals surface area (Å²) < 4.78 is 0. The fraction of sp³-hybridized carbons (Fsp3) is 0.333. The van der Waals surface area contributed by atoms with Gasteiger partial charge < -0.3 is 5.32 Å². The second-order valence-corrected chi connectivity index (χ2v) is 5.00. The Hall–Kier alpha value is -2.34. The van der Waals surface area contributed by atoms with Crippen LogP contribution in [0.5, 0.6) is 0 Å². The molecule has 0 saturated heterocycles. The van der Waals surface area contributed by atoms with Crippen molar-refractivity contribution in [2.45, 2.75) is 33.4 Å². The van der Waals surface area contributed by atoms with Gasteiger partial charge in [0.2, 0.25) is 0 Å². The van der Waals surface area contributed by atoms with Crippen LogP contribution in [0.2, 0.25) is 0 Å². The minimum absolute atomic E-state index is 0.120. The van der Waals surface area contributed by atoms with Crippen LogP contribution in [0.1, 0.15) is 35.3 Å². The number of pyridine rings is 2. The summed E-state index contributed by atoms with van der Waals surface area (Å²) in [5.41, 5.74) is 3.17. The van der Waals surface area contributed by atoms with Gasteiger partial charge in [-0.25, -0.2) is 0 Å². The standard InChI is InChI=1S/C15H18N4O2/c1-10-8-18-14(11(2)15(10)19(20)21)9-17-12(3)13-4-6-16-7-5-13/h4-8,12,17H,9H2,1-3H3/t12-/m1/s1. The summed E-state index contributed by atoms with van der Waals surface area (Å²) in [6.45, 7) is 5.96. The number of nitrogens with one attached hydrogen (secondary N) is 1. The molecule has 0 aliphatic heterocycles. The number of nitro groups is 1. The normalized spacial score (nSPS) is 12.1. The molecule has 0 aromatic carbocycles. The number of rotatable bonds is 5. The van der Waals surface area contributed by atoms with Gasteiger partial charge in [-0.2, -0.15) is 0 Å². The van der Waals surface area contributed by atoms with Crippen LogP contribution in [0.4, 0.5) is 5.69 Å². The summed E-state index contributed by atoms with van der Waals surface area (Å²) >= 11 is 0. The van der Waals surface area contributed by atoms with Gasteiger partial charge in [-0.1, -0.05) is 0 Å². The molecule has 0 saturated carbocycles. The van der Waals surface area contributed by atoms with Crippen LogP contribution in [-0.4, -0.2) is 14.9 Å². The maximum atomic E-state index is 11.1. The van der Waals surface area contributed by atoms with Crippen molar-refractivity contribution in [1.29, 1.82) is 0 Å². The van der Waals surface area contributed by atoms with Crippen LogP contribution < -0.4 is 5.32 Å². The highest BCUT2D eigenvalue weighted by molar-refractivity contribution is 5.47. The highest BCUT2D eigenvalue weighted by atomic mass is 16.6. The molecular weight excluding hydrogens is 268 g/mol. The van der Waals surface area contributed by atoms with Crippen LogP contribution in [0, 0.1) is 24.0 Å². The highest BCUT2D eigenvalue weighted by Crippen LogP contribution is 2.24. The molecule has 1 atom stereocenters. The molecule has 0 spiro atoms. The van der Waals surface area contributed by atoms with E-state index in [-0.39, 0.29) is 16.7 Å². The number of hydrogen-bond acceptors (Lipinski definition) is 5. The molecule has 110 valence electrons. The van der Waals surface area contributed by atoms with E-state index in [1.54, 1.807) is 32.4 Å². The molecule has 2 rings (SSSR count). The Labute approximate surface area is 123 Å². The molecule has 21 heavy (non-hydrogen) atoms. The van der Waals surface area contributed by atoms with E-state index in [2.05, 4.69) is 15.3 Å². The average Bonchev–Trinajstić information content (AvgIpc) is 2.46. The lowest BCUT2D eigenvalue weighted by atomic mass is 10.1. The summed E-state index contributed by atoms with van der Waals surface area (Å²) in [5, 5.41) is 14.4. The fourth-order valence-electron chi connectivity index (χ4n) is 2.24. The van der Waals surface area contributed by atoms with Crippen molar-refractivity contribution in [3.63, 3.8) is 0 Å². The minimum atomic E-state index is -0.345. The van der Waals surface area contributed by atoms with E-state index in [1.165, 1.54) is 0 Å². The molecule has 0 aliphatic carbocycles. The topological polar surface area (TPSA) is 81.0 Å². The first-order valence-corrected chi connectivity index (χ1v) is 6.73. The van der Waals surface area contributed by atoms with E-state index in [0.29, 0.717) is 23.4 Å². The Bertz CT molecular complexity index is 644. The molecule has 2 aromatic heterocycles. The van der Waals surface area contributed by atoms with E-state index in [9.17, 15) is 10.1 Å². The number of nitrogens with zero attached hydrogens (tertiary/aromatic N) is 3. The van der Waals surface area contributed by atoms with Gasteiger partial charge in [-0.3, -0.25) is 20.1 Å². The Morgan fingerprint density at radius 1 is 1.33 bits per heavy atom. The lowest BCUT2D eigenvalue weighted by Crippen LogP contribution is -2.20. The Balaban J connectivity index is 2.14. The summed E-state index contributed by atoms with van der Waals surface area (Å²) in [4.78, 5) is 19.1. The maximum Gasteiger partial charge on any atom is 0.278 e. The summed E-state index contributed by atoms with van der Waals surface area (Å²) in [7, 11) is 0. The predicted molar refractivity (Wildman–Crippen MR) is 79.9 cm³/mol. The molecule has 2 aromatic rings. The third-order valence-corrected chi connectivity index (χ3v) is 3.54. The van der Waals surface area contributed by atoms with Crippen molar-refractivity contribution >= 4 is 5.69 Å². The molecule has 6 nitrogen and oxygen atoms in total. The zero-order valence-corrected chi connectivity index (χ0v) is 12.3. The highest BCUT2D eigenvalue weighted by Gasteiger charge is 2.18. The number of aromatic nitrogens is 2. The molecular formula is C15H18N4O2. The molecule has 0 unspecified atom stereocenters. The van der Waals surface area contributed by atoms with Gasteiger partial charge in [-0.15, -0.1) is 0 Å². The summed E-state index contributed by atoms with van der Waals surface area (Å²) in [5.74, 6) is 0. The zero-order valence-electron chi connectivity index (χ0n) is 12.3. The van der Waals surface area contributed by atoms with Crippen LogP contribution >= 0.6 is 0 Å². The number of aryl methyl sites for hydroxylation is 1. The third-order valence-electron chi connectivity index (χ3n) is 3.54. The third kappa shape index (κ3) is 3.41. The average molecular weight is 286 g/mol. The first-order chi connectivity index (χ1) is 10.0. The second-order valence-electron chi connectivity index (χ2n) is 5.00. The molecule has 0 fully saturated rings. The summed E-state index contributed by atoms with van der Waals surface area (Å²) in [6, 6.07) is 4.00. The van der Waals surface area contributed by atoms with Gasteiger partial charge in [-0.05, 0) is 38.5 Å². The van der Waals surface area contributed by atoms with Gasteiger partial charge in [0.1, 0.15) is 0 Å². The van der Waals surface area contributed by atoms with Crippen molar-refractivity contribution in [3.8, 4) is 0 Å². The molecule has 0 aliphatic rings. The second kappa shape index (κ2) is 6.41. The van der Waals surface area contributed by atoms with E-state index >= 15 is 0 Å². The maximum absolute atomic E-state index is 11.1. The Kier molecular flexibility index (Phi) is 4.59. The lowest BCUT2D eigenvalue weighted by molar-refractivity contribution is -0.386. The largest absolute Gasteiger partial charge is 0.305 e. The molecule has 0 bridgehead atoms. The van der Waals surface area contributed by atoms with Crippen molar-refractivity contribution in [3.05, 3.63) is 63.2 Å². The fourth-order valence-corrected chi connectivity index (χ4v) is 2.24. The monoisotopic (exact) mass is 286 g/mol. The van der Waals surface area contributed by atoms with E-state index in [1.807, 2.05) is 19.1 Å². The van der Waals surface area contributed by atoms with Gasteiger partial charge >= 0.3 is 0 Å². The predicted octanol–water partition coefficient (Wildman–Crippen LogP) is 2.85. The first-order valence-electron chi connectivity index (χ1n) is 6.73. The molecule has 1 N–H and O–H groups in total. The van der Waals surface area contributed by atoms with Crippen LogP contribution in [0.25, 0.3) is 0 Å². The number of hydrogen-bond donors (Lipinski definition) is 1. The van der Waals surface area contributed by atoms with Crippen LogP contribution in [-0.2, 0) is 6.54 Å². The lowest BCUT2D eigenvalue weighted by Gasteiger charge is -2.15. The zero-order chi connectivity index (χ0) is 15.4. The van der Waals surface area contributed by atoms with E-state index in [4.69, 9.17) is 0 Å². The van der Waals surface area contributed by atoms with Gasteiger partial charge in [0, 0.05) is 42.3 Å². The molecule has 0 radical (unpaired) electrons. The molecule has 6 heteroatoms. The Morgan fingerprint density at radius 3 is 2.62 bits per heavy atom. The van der Waals surface area contributed by atoms with Gasteiger partial charge in [0.25, 0.3) is 5.69 Å². The van der Waals surface area contributed by atoms with Crippen LogP contribution in [0.15, 0.2) is 30.7 Å². The van der Waals surface area contributed by atoms with Crippen molar-refractivity contribution in [1.82, 2.24) is 15.3 Å². The Morgan fingerprint density at radius 2 is 2.00 bits per heavy atom. The van der Waals surface area contributed by atoms with Gasteiger partial charge in [0.15, 0.2) is 0 Å². The summed E-state index contributed by atoms with van der Waals surface area (Å²) in [6.07, 6.45) is 5.04. The van der Waals surface area contributed by atoms with Crippen molar-refractivity contribution < 1.29 is 4.92 Å². The van der Waals surface area contributed by atoms with E-state index in [0.717, 1.165) is 5.56 Å². The SMILES string of the molecule is Cc1cnc(CN[C@H](C)c2ccncc2)c(C)c1[N+](=O)[O-]. The van der Waals surface area contributed by atoms with Crippen molar-refractivity contribution in [2.24, 2.45) is 0 Å².